The summed E-state index contributed by atoms with van der Waals surface area (Å²) in [5.41, 5.74) is 4.15. The lowest BCUT2D eigenvalue weighted by molar-refractivity contribution is -0.282. The van der Waals surface area contributed by atoms with E-state index in [0.29, 0.717) is 0 Å². The third-order valence-corrected chi connectivity index (χ3v) is 7.28. The van der Waals surface area contributed by atoms with Gasteiger partial charge in [-0.3, -0.25) is 4.79 Å². The second-order valence-electron chi connectivity index (χ2n) is 10.1. The van der Waals surface area contributed by atoms with Gasteiger partial charge in [-0.15, -0.1) is 0 Å². The second-order valence-corrected chi connectivity index (χ2v) is 10.1. The molecule has 12 nitrogen and oxygen atoms in total. The molecule has 0 unspecified atom stereocenters. The summed E-state index contributed by atoms with van der Waals surface area (Å²) in [5.74, 6) is -1.61. The highest BCUT2D eigenvalue weighted by Crippen LogP contribution is 2.44. The number of amides is 2. The Hall–Kier alpha value is -3.81. The Morgan fingerprint density at radius 1 is 1.02 bits per heavy atom. The van der Waals surface area contributed by atoms with Crippen LogP contribution >= 0.6 is 0 Å². The quantitative estimate of drug-likeness (QED) is 0.189. The molecule has 0 aromatic heterocycles. The van der Waals surface area contributed by atoms with E-state index >= 15 is 0 Å². The predicted octanol–water partition coefficient (Wildman–Crippen LogP) is 0.972. The standard InChI is InChI=1S/C30H36N2O10/c1-4-13-39-28(37)24(16(2)41-29-25(31-17(3)34)27(36)26(35)23(14-33)42-29)32-30(38)40-15-22-20-11-7-5-9-18(20)19-10-6-8-12-21(19)22/h4-12,16,22-27,29,33,35-36H,1,13-15H2,2-3H3,(H,31,34)(H,32,38)/t16-,23-,24+,25-,26+,27-,29+/m1/s1. The van der Waals surface area contributed by atoms with Gasteiger partial charge >= 0.3 is 12.1 Å². The number of ether oxygens (including phenoxy) is 4. The number of benzene rings is 2. The molecule has 1 aliphatic heterocycles. The Balaban J connectivity index is 1.47. The number of aliphatic hydroxyl groups excluding tert-OH is 3. The van der Waals surface area contributed by atoms with Crippen LogP contribution in [-0.4, -0.2) is 95.9 Å². The highest BCUT2D eigenvalue weighted by Gasteiger charge is 2.47. The Morgan fingerprint density at radius 3 is 2.21 bits per heavy atom. The number of rotatable bonds is 11. The molecule has 0 spiro atoms. The zero-order chi connectivity index (χ0) is 30.4. The number of hydrogen-bond acceptors (Lipinski definition) is 10. The van der Waals surface area contributed by atoms with Crippen molar-refractivity contribution in [3.63, 3.8) is 0 Å². The molecule has 2 aromatic rings. The summed E-state index contributed by atoms with van der Waals surface area (Å²) >= 11 is 0. The molecule has 42 heavy (non-hydrogen) atoms. The Bertz CT molecular complexity index is 1240. The summed E-state index contributed by atoms with van der Waals surface area (Å²) in [6.07, 6.45) is -6.41. The Labute approximate surface area is 243 Å². The van der Waals surface area contributed by atoms with E-state index in [1.54, 1.807) is 0 Å². The van der Waals surface area contributed by atoms with Crippen molar-refractivity contribution in [3.8, 4) is 11.1 Å². The number of esters is 1. The van der Waals surface area contributed by atoms with Gasteiger partial charge in [-0.2, -0.15) is 0 Å². The minimum absolute atomic E-state index is 0.00211. The Morgan fingerprint density at radius 2 is 1.64 bits per heavy atom. The normalized spacial score (nSPS) is 24.5. The molecule has 1 saturated heterocycles. The van der Waals surface area contributed by atoms with Crippen molar-refractivity contribution in [2.45, 2.75) is 62.6 Å². The number of alkyl carbamates (subject to hydrolysis) is 1. The first-order chi connectivity index (χ1) is 20.2. The van der Waals surface area contributed by atoms with Crippen LogP contribution in [0.15, 0.2) is 61.2 Å². The van der Waals surface area contributed by atoms with Crippen LogP contribution in [0.3, 0.4) is 0 Å². The maximum absolute atomic E-state index is 13.0. The number of nitrogens with one attached hydrogen (secondary N) is 2. The number of carbonyl (C=O) groups is 3. The topological polar surface area (TPSA) is 173 Å². The van der Waals surface area contributed by atoms with Crippen LogP contribution in [0.2, 0.25) is 0 Å². The van der Waals surface area contributed by atoms with Crippen LogP contribution in [0.25, 0.3) is 11.1 Å². The van der Waals surface area contributed by atoms with E-state index in [1.165, 1.54) is 19.9 Å². The SMILES string of the molecule is C=CCOC(=O)[C@@H](NC(=O)OCC1c2ccccc2-c2ccccc21)[C@@H](C)O[C@H]1O[C@H](CO)[C@H](O)[C@H](O)[C@H]1NC(C)=O. The molecule has 4 rings (SSSR count). The van der Waals surface area contributed by atoms with Gasteiger partial charge in [0.25, 0.3) is 0 Å². The van der Waals surface area contributed by atoms with Crippen molar-refractivity contribution in [2.75, 3.05) is 19.8 Å². The molecular formula is C30H36N2O10. The molecule has 5 N–H and O–H groups in total. The largest absolute Gasteiger partial charge is 0.460 e. The zero-order valence-electron chi connectivity index (χ0n) is 23.3. The molecule has 0 saturated carbocycles. The molecule has 0 radical (unpaired) electrons. The lowest BCUT2D eigenvalue weighted by atomic mass is 9.96. The first kappa shape index (κ1) is 31.1. The molecule has 226 valence electrons. The highest BCUT2D eigenvalue weighted by atomic mass is 16.7. The van der Waals surface area contributed by atoms with Crippen molar-refractivity contribution in [3.05, 3.63) is 72.3 Å². The third kappa shape index (κ3) is 6.80. The molecule has 1 heterocycles. The lowest BCUT2D eigenvalue weighted by Gasteiger charge is -2.43. The van der Waals surface area contributed by atoms with Crippen molar-refractivity contribution >= 4 is 18.0 Å². The second kappa shape index (κ2) is 13.9. The molecule has 2 aromatic carbocycles. The monoisotopic (exact) mass is 584 g/mol. The van der Waals surface area contributed by atoms with Crippen molar-refractivity contribution < 1.29 is 48.7 Å². The van der Waals surface area contributed by atoms with Gasteiger partial charge in [-0.25, -0.2) is 9.59 Å². The van der Waals surface area contributed by atoms with Crippen LogP contribution in [0.4, 0.5) is 4.79 Å². The fourth-order valence-corrected chi connectivity index (χ4v) is 5.24. The lowest BCUT2D eigenvalue weighted by Crippen LogP contribution is -2.65. The summed E-state index contributed by atoms with van der Waals surface area (Å²) in [7, 11) is 0. The summed E-state index contributed by atoms with van der Waals surface area (Å²) < 4.78 is 22.2. The van der Waals surface area contributed by atoms with Gasteiger partial charge in [0.2, 0.25) is 5.91 Å². The molecule has 0 bridgehead atoms. The molecule has 7 atom stereocenters. The first-order valence-electron chi connectivity index (χ1n) is 13.6. The van der Waals surface area contributed by atoms with E-state index in [9.17, 15) is 29.7 Å². The molecule has 2 amide bonds. The first-order valence-corrected chi connectivity index (χ1v) is 13.6. The minimum atomic E-state index is -1.56. The van der Waals surface area contributed by atoms with Crippen molar-refractivity contribution in [2.24, 2.45) is 0 Å². The van der Waals surface area contributed by atoms with Gasteiger partial charge in [0, 0.05) is 12.8 Å². The number of fused-ring (bicyclic) bond motifs is 3. The summed E-state index contributed by atoms with van der Waals surface area (Å²) in [6.45, 7) is 5.38. The molecular weight excluding hydrogens is 548 g/mol. The zero-order valence-corrected chi connectivity index (χ0v) is 23.3. The average molecular weight is 585 g/mol. The van der Waals surface area contributed by atoms with Crippen LogP contribution in [0.5, 0.6) is 0 Å². The Kier molecular flexibility index (Phi) is 10.3. The summed E-state index contributed by atoms with van der Waals surface area (Å²) in [6, 6.07) is 13.1. The highest BCUT2D eigenvalue weighted by molar-refractivity contribution is 5.82. The van der Waals surface area contributed by atoms with Crippen LogP contribution in [0, 0.1) is 0 Å². The fraction of sp³-hybridized carbons (Fsp3) is 0.433. The molecule has 12 heteroatoms. The van der Waals surface area contributed by atoms with E-state index in [-0.39, 0.29) is 19.1 Å². The summed E-state index contributed by atoms with van der Waals surface area (Å²) in [4.78, 5) is 37.7. The van der Waals surface area contributed by atoms with Gasteiger partial charge < -0.3 is 44.9 Å². The van der Waals surface area contributed by atoms with Gasteiger partial charge in [-0.1, -0.05) is 61.2 Å². The predicted molar refractivity (Wildman–Crippen MR) is 149 cm³/mol. The maximum atomic E-state index is 13.0. The van der Waals surface area contributed by atoms with Crippen LogP contribution < -0.4 is 10.6 Å². The van der Waals surface area contributed by atoms with Crippen LogP contribution in [0.1, 0.15) is 30.9 Å². The van der Waals surface area contributed by atoms with Gasteiger partial charge in [0.05, 0.1) is 12.7 Å². The van der Waals surface area contributed by atoms with E-state index in [0.717, 1.165) is 22.3 Å². The van der Waals surface area contributed by atoms with E-state index in [4.69, 9.17) is 18.9 Å². The number of aliphatic hydroxyl groups is 3. The third-order valence-electron chi connectivity index (χ3n) is 7.28. The molecule has 1 aliphatic carbocycles. The smallest absolute Gasteiger partial charge is 0.407 e. The maximum Gasteiger partial charge on any atom is 0.407 e. The van der Waals surface area contributed by atoms with Gasteiger partial charge in [0.1, 0.15) is 37.6 Å². The average Bonchev–Trinajstić information content (AvgIpc) is 3.30. The van der Waals surface area contributed by atoms with E-state index < -0.39 is 67.4 Å². The van der Waals surface area contributed by atoms with Crippen molar-refractivity contribution in [1.82, 2.24) is 10.6 Å². The minimum Gasteiger partial charge on any atom is -0.460 e. The van der Waals surface area contributed by atoms with Gasteiger partial charge in [0.15, 0.2) is 12.3 Å². The molecule has 1 fully saturated rings. The fourth-order valence-electron chi connectivity index (χ4n) is 5.24. The molecule has 2 aliphatic rings. The van der Waals surface area contributed by atoms with Crippen molar-refractivity contribution in [1.29, 1.82) is 0 Å². The van der Waals surface area contributed by atoms with Gasteiger partial charge in [-0.05, 0) is 29.2 Å². The number of carbonyl (C=O) groups excluding carboxylic acids is 3. The summed E-state index contributed by atoms with van der Waals surface area (Å²) in [5, 5.41) is 35.4. The van der Waals surface area contributed by atoms with Crippen LogP contribution in [-0.2, 0) is 28.5 Å². The van der Waals surface area contributed by atoms with E-state index in [1.807, 2.05) is 48.5 Å². The van der Waals surface area contributed by atoms with E-state index in [2.05, 4.69) is 17.2 Å². The number of hydrogen-bond donors (Lipinski definition) is 5.